The number of fused-ring (bicyclic) bond motifs is 1. The van der Waals surface area contributed by atoms with E-state index in [1.165, 1.54) is 0 Å². The van der Waals surface area contributed by atoms with Gasteiger partial charge in [-0.15, -0.1) is 0 Å². The molecule has 0 aliphatic rings. The van der Waals surface area contributed by atoms with Gasteiger partial charge in [0.25, 0.3) is 0 Å². The number of rotatable bonds is 4. The fourth-order valence-electron chi connectivity index (χ4n) is 1.58. The Morgan fingerprint density at radius 1 is 1.56 bits per heavy atom. The van der Waals surface area contributed by atoms with Gasteiger partial charge in [0.05, 0.1) is 24.9 Å². The lowest BCUT2D eigenvalue weighted by molar-refractivity contribution is 0.100. The number of methoxy groups -OCH3 is 1. The summed E-state index contributed by atoms with van der Waals surface area (Å²) in [6.45, 7) is 1.24. The number of amides is 1. The van der Waals surface area contributed by atoms with E-state index in [9.17, 15) is 4.79 Å². The molecule has 0 atom stereocenters. The average molecular weight is 219 g/mol. The Balaban J connectivity index is 2.43. The number of aromatic nitrogens is 2. The standard InChI is InChI=1S/C11H13N3O2/c1-16-5-4-14-10-6-8(11(12)15)2-3-9(10)7-13-14/h2-3,6-7H,4-5H2,1H3,(H2,12,15). The number of primary amides is 1. The monoisotopic (exact) mass is 219 g/mol. The second kappa shape index (κ2) is 4.32. The fourth-order valence-corrected chi connectivity index (χ4v) is 1.58. The van der Waals surface area contributed by atoms with E-state index >= 15 is 0 Å². The first-order valence-corrected chi connectivity index (χ1v) is 4.96. The van der Waals surface area contributed by atoms with Crippen LogP contribution in [-0.4, -0.2) is 29.4 Å². The molecule has 1 amide bonds. The SMILES string of the molecule is COCCn1ncc2ccc(C(N)=O)cc21. The topological polar surface area (TPSA) is 70.1 Å². The van der Waals surface area contributed by atoms with Gasteiger partial charge >= 0.3 is 0 Å². The van der Waals surface area contributed by atoms with Gasteiger partial charge < -0.3 is 10.5 Å². The van der Waals surface area contributed by atoms with Crippen LogP contribution in [0.25, 0.3) is 10.9 Å². The van der Waals surface area contributed by atoms with Crippen LogP contribution >= 0.6 is 0 Å². The Labute approximate surface area is 92.8 Å². The molecule has 0 saturated heterocycles. The maximum absolute atomic E-state index is 11.1. The van der Waals surface area contributed by atoms with Crippen molar-refractivity contribution in [3.05, 3.63) is 30.0 Å². The van der Waals surface area contributed by atoms with E-state index in [-0.39, 0.29) is 0 Å². The molecule has 0 aliphatic heterocycles. The van der Waals surface area contributed by atoms with Gasteiger partial charge in [-0.25, -0.2) is 0 Å². The summed E-state index contributed by atoms with van der Waals surface area (Å²) in [5.74, 6) is -0.429. The lowest BCUT2D eigenvalue weighted by atomic mass is 10.1. The smallest absolute Gasteiger partial charge is 0.248 e. The highest BCUT2D eigenvalue weighted by molar-refractivity contribution is 5.96. The van der Waals surface area contributed by atoms with Crippen molar-refractivity contribution in [2.45, 2.75) is 6.54 Å². The minimum absolute atomic E-state index is 0.429. The highest BCUT2D eigenvalue weighted by Crippen LogP contribution is 2.15. The molecule has 1 aromatic carbocycles. The zero-order valence-electron chi connectivity index (χ0n) is 9.01. The predicted octanol–water partition coefficient (Wildman–Crippen LogP) is 0.782. The molecule has 16 heavy (non-hydrogen) atoms. The minimum atomic E-state index is -0.429. The quantitative estimate of drug-likeness (QED) is 0.826. The lowest BCUT2D eigenvalue weighted by Crippen LogP contribution is -2.11. The molecule has 0 fully saturated rings. The molecule has 5 nitrogen and oxygen atoms in total. The van der Waals surface area contributed by atoms with Crippen LogP contribution in [0, 0.1) is 0 Å². The van der Waals surface area contributed by atoms with Crippen molar-refractivity contribution in [3.63, 3.8) is 0 Å². The summed E-state index contributed by atoms with van der Waals surface area (Å²) in [6, 6.07) is 5.29. The Kier molecular flexibility index (Phi) is 2.87. The largest absolute Gasteiger partial charge is 0.383 e. The molecular formula is C11H13N3O2. The zero-order valence-corrected chi connectivity index (χ0v) is 9.01. The third kappa shape index (κ3) is 1.90. The maximum Gasteiger partial charge on any atom is 0.248 e. The molecule has 1 aromatic heterocycles. The Bertz CT molecular complexity index is 519. The molecule has 5 heteroatoms. The molecule has 0 bridgehead atoms. The lowest BCUT2D eigenvalue weighted by Gasteiger charge is -2.03. The Hall–Kier alpha value is -1.88. The third-order valence-electron chi connectivity index (χ3n) is 2.44. The van der Waals surface area contributed by atoms with Crippen molar-refractivity contribution in [2.24, 2.45) is 5.73 Å². The normalized spacial score (nSPS) is 10.8. The molecule has 0 saturated carbocycles. The molecule has 1 heterocycles. The Morgan fingerprint density at radius 3 is 3.06 bits per heavy atom. The van der Waals surface area contributed by atoms with Crippen molar-refractivity contribution in [2.75, 3.05) is 13.7 Å². The van der Waals surface area contributed by atoms with Crippen LogP contribution in [0.1, 0.15) is 10.4 Å². The molecule has 0 spiro atoms. The number of nitrogens with two attached hydrogens (primary N) is 1. The van der Waals surface area contributed by atoms with Crippen LogP contribution in [0.5, 0.6) is 0 Å². The van der Waals surface area contributed by atoms with Crippen LogP contribution in [0.15, 0.2) is 24.4 Å². The van der Waals surface area contributed by atoms with Gasteiger partial charge in [0, 0.05) is 18.1 Å². The van der Waals surface area contributed by atoms with E-state index in [0.29, 0.717) is 18.7 Å². The summed E-state index contributed by atoms with van der Waals surface area (Å²) in [5.41, 5.74) is 6.62. The molecule has 0 unspecified atom stereocenters. The van der Waals surface area contributed by atoms with E-state index in [1.807, 2.05) is 6.07 Å². The molecule has 2 aromatic rings. The van der Waals surface area contributed by atoms with Crippen LogP contribution in [0.4, 0.5) is 0 Å². The fraction of sp³-hybridized carbons (Fsp3) is 0.273. The Morgan fingerprint density at radius 2 is 2.38 bits per heavy atom. The molecule has 2 N–H and O–H groups in total. The number of carbonyl (C=O) groups is 1. The number of nitrogens with zero attached hydrogens (tertiary/aromatic N) is 2. The molecule has 0 aliphatic carbocycles. The first-order chi connectivity index (χ1) is 7.72. The third-order valence-corrected chi connectivity index (χ3v) is 2.44. The summed E-state index contributed by atoms with van der Waals surface area (Å²) < 4.78 is 6.79. The van der Waals surface area contributed by atoms with Gasteiger partial charge in [0.2, 0.25) is 5.91 Å². The summed E-state index contributed by atoms with van der Waals surface area (Å²) in [5, 5.41) is 5.20. The minimum Gasteiger partial charge on any atom is -0.383 e. The molecule has 0 radical (unpaired) electrons. The highest BCUT2D eigenvalue weighted by Gasteiger charge is 2.06. The summed E-state index contributed by atoms with van der Waals surface area (Å²) in [7, 11) is 1.64. The molecular weight excluding hydrogens is 206 g/mol. The second-order valence-electron chi connectivity index (χ2n) is 3.50. The maximum atomic E-state index is 11.1. The van der Waals surface area contributed by atoms with Crippen molar-refractivity contribution >= 4 is 16.8 Å². The molecule has 2 rings (SSSR count). The highest BCUT2D eigenvalue weighted by atomic mass is 16.5. The van der Waals surface area contributed by atoms with Gasteiger partial charge in [-0.2, -0.15) is 5.10 Å². The number of hydrogen-bond donors (Lipinski definition) is 1. The number of ether oxygens (including phenoxy) is 1. The second-order valence-corrected chi connectivity index (χ2v) is 3.50. The van der Waals surface area contributed by atoms with Gasteiger partial charge in [0.1, 0.15) is 0 Å². The van der Waals surface area contributed by atoms with Crippen molar-refractivity contribution < 1.29 is 9.53 Å². The number of carbonyl (C=O) groups excluding carboxylic acids is 1. The first kappa shape index (κ1) is 10.6. The van der Waals surface area contributed by atoms with Crippen molar-refractivity contribution in [1.82, 2.24) is 9.78 Å². The first-order valence-electron chi connectivity index (χ1n) is 4.96. The van der Waals surface area contributed by atoms with E-state index in [1.54, 1.807) is 30.1 Å². The van der Waals surface area contributed by atoms with E-state index < -0.39 is 5.91 Å². The zero-order chi connectivity index (χ0) is 11.5. The van der Waals surface area contributed by atoms with Crippen LogP contribution in [0.3, 0.4) is 0 Å². The average Bonchev–Trinajstić information content (AvgIpc) is 2.68. The van der Waals surface area contributed by atoms with E-state index in [2.05, 4.69) is 5.10 Å². The molecule has 84 valence electrons. The van der Waals surface area contributed by atoms with E-state index in [4.69, 9.17) is 10.5 Å². The number of benzene rings is 1. The van der Waals surface area contributed by atoms with E-state index in [0.717, 1.165) is 10.9 Å². The van der Waals surface area contributed by atoms with Gasteiger partial charge in [-0.3, -0.25) is 9.48 Å². The predicted molar refractivity (Wildman–Crippen MR) is 60.1 cm³/mol. The summed E-state index contributed by atoms with van der Waals surface area (Å²) in [6.07, 6.45) is 1.76. The number of hydrogen-bond acceptors (Lipinski definition) is 3. The summed E-state index contributed by atoms with van der Waals surface area (Å²) >= 11 is 0. The van der Waals surface area contributed by atoms with Crippen LogP contribution < -0.4 is 5.73 Å². The van der Waals surface area contributed by atoms with Crippen molar-refractivity contribution in [1.29, 1.82) is 0 Å². The van der Waals surface area contributed by atoms with Gasteiger partial charge in [-0.1, -0.05) is 6.07 Å². The van der Waals surface area contributed by atoms with Crippen LogP contribution in [0.2, 0.25) is 0 Å². The van der Waals surface area contributed by atoms with Crippen molar-refractivity contribution in [3.8, 4) is 0 Å². The van der Waals surface area contributed by atoms with Crippen LogP contribution in [-0.2, 0) is 11.3 Å². The van der Waals surface area contributed by atoms with Gasteiger partial charge in [-0.05, 0) is 12.1 Å². The summed E-state index contributed by atoms with van der Waals surface area (Å²) in [4.78, 5) is 11.1. The van der Waals surface area contributed by atoms with Gasteiger partial charge in [0.15, 0.2) is 0 Å².